The van der Waals surface area contributed by atoms with Gasteiger partial charge in [0, 0.05) is 11.5 Å². The van der Waals surface area contributed by atoms with Crippen LogP contribution in [0.2, 0.25) is 0 Å². The molecule has 0 fully saturated rings. The van der Waals surface area contributed by atoms with Crippen LogP contribution >= 0.6 is 31.9 Å². The third-order valence-corrected chi connectivity index (χ3v) is 3.82. The van der Waals surface area contributed by atoms with Crippen LogP contribution in [0.4, 0.5) is 5.69 Å². The minimum atomic E-state index is 0.261. The molecule has 0 saturated carbocycles. The van der Waals surface area contributed by atoms with Crippen molar-refractivity contribution in [3.8, 4) is 11.6 Å². The molecule has 0 saturated heterocycles. The molecule has 0 aliphatic rings. The van der Waals surface area contributed by atoms with Gasteiger partial charge in [-0.1, -0.05) is 29.8 Å². The highest BCUT2D eigenvalue weighted by Gasteiger charge is 2.18. The Balaban J connectivity index is 2.38. The molecule has 0 aliphatic heterocycles. The Labute approximate surface area is 129 Å². The van der Waals surface area contributed by atoms with Crippen LogP contribution in [0.25, 0.3) is 0 Å². The van der Waals surface area contributed by atoms with Gasteiger partial charge >= 0.3 is 0 Å². The van der Waals surface area contributed by atoms with Crippen molar-refractivity contribution in [2.75, 3.05) is 5.73 Å². The van der Waals surface area contributed by atoms with E-state index in [0.717, 1.165) is 14.6 Å². The van der Waals surface area contributed by atoms with Gasteiger partial charge in [-0.15, -0.1) is 0 Å². The maximum Gasteiger partial charge on any atom is 0.241 e. The normalized spacial score (nSPS) is 11.1. The lowest BCUT2D eigenvalue weighted by molar-refractivity contribution is 0.430. The number of hydrogen-bond donors (Lipinski definition) is 1. The van der Waals surface area contributed by atoms with Crippen molar-refractivity contribution < 1.29 is 4.74 Å². The van der Waals surface area contributed by atoms with E-state index in [2.05, 4.69) is 50.8 Å². The summed E-state index contributed by atoms with van der Waals surface area (Å²) < 4.78 is 9.36. The first kappa shape index (κ1) is 14.4. The van der Waals surface area contributed by atoms with E-state index in [0.29, 0.717) is 17.3 Å². The summed E-state index contributed by atoms with van der Waals surface area (Å²) in [4.78, 5) is 0. The molecule has 4 nitrogen and oxygen atoms in total. The number of rotatable bonds is 3. The molecule has 102 valence electrons. The number of aryl methyl sites for hydroxylation is 1. The first-order chi connectivity index (χ1) is 8.90. The summed E-state index contributed by atoms with van der Waals surface area (Å²) in [5.41, 5.74) is 7.54. The van der Waals surface area contributed by atoms with Crippen molar-refractivity contribution in [3.63, 3.8) is 0 Å². The summed E-state index contributed by atoms with van der Waals surface area (Å²) in [6.07, 6.45) is 0. The number of hydrogen-bond acceptors (Lipinski definition) is 3. The SMILES string of the molecule is CC(C)c1nn(C)c(Oc2ccc(Br)cc2Br)c1N. The first-order valence-corrected chi connectivity index (χ1v) is 7.44. The van der Waals surface area contributed by atoms with Crippen molar-refractivity contribution in [1.82, 2.24) is 9.78 Å². The fourth-order valence-corrected chi connectivity index (χ4v) is 2.88. The largest absolute Gasteiger partial charge is 0.436 e. The van der Waals surface area contributed by atoms with Gasteiger partial charge in [-0.05, 0) is 40.0 Å². The van der Waals surface area contributed by atoms with Gasteiger partial charge in [-0.2, -0.15) is 5.10 Å². The number of nitrogens with zero attached hydrogens (tertiary/aromatic N) is 2. The second-order valence-corrected chi connectivity index (χ2v) is 6.33. The Morgan fingerprint density at radius 1 is 1.32 bits per heavy atom. The Morgan fingerprint density at radius 3 is 2.53 bits per heavy atom. The summed E-state index contributed by atoms with van der Waals surface area (Å²) in [6, 6.07) is 5.71. The predicted molar refractivity (Wildman–Crippen MR) is 83.6 cm³/mol. The summed E-state index contributed by atoms with van der Waals surface area (Å²) >= 11 is 6.87. The smallest absolute Gasteiger partial charge is 0.241 e. The van der Waals surface area contributed by atoms with Gasteiger partial charge in [0.2, 0.25) is 5.88 Å². The Bertz CT molecular complexity index is 608. The second-order valence-electron chi connectivity index (χ2n) is 4.56. The number of nitrogens with two attached hydrogens (primary N) is 1. The topological polar surface area (TPSA) is 53.1 Å². The van der Waals surface area contributed by atoms with Crippen LogP contribution < -0.4 is 10.5 Å². The van der Waals surface area contributed by atoms with Gasteiger partial charge in [0.15, 0.2) is 0 Å². The van der Waals surface area contributed by atoms with E-state index in [9.17, 15) is 0 Å². The highest BCUT2D eigenvalue weighted by molar-refractivity contribution is 9.11. The zero-order chi connectivity index (χ0) is 14.2. The molecule has 0 atom stereocenters. The standard InChI is InChI=1S/C13H15Br2N3O/c1-7(2)12-11(16)13(18(3)17-12)19-10-5-4-8(14)6-9(10)15/h4-7H,16H2,1-3H3. The summed E-state index contributed by atoms with van der Waals surface area (Å²) in [6.45, 7) is 4.11. The maximum absolute atomic E-state index is 6.10. The molecule has 1 heterocycles. The minimum absolute atomic E-state index is 0.261. The van der Waals surface area contributed by atoms with E-state index < -0.39 is 0 Å². The molecule has 0 amide bonds. The molecule has 0 spiro atoms. The van der Waals surface area contributed by atoms with Crippen LogP contribution in [0.5, 0.6) is 11.6 Å². The lowest BCUT2D eigenvalue weighted by atomic mass is 10.1. The number of ether oxygens (including phenoxy) is 1. The lowest BCUT2D eigenvalue weighted by Gasteiger charge is -2.09. The first-order valence-electron chi connectivity index (χ1n) is 5.85. The van der Waals surface area contributed by atoms with E-state index in [1.807, 2.05) is 25.2 Å². The summed E-state index contributed by atoms with van der Waals surface area (Å²) in [5, 5.41) is 4.40. The van der Waals surface area contributed by atoms with Crippen LogP contribution in [-0.4, -0.2) is 9.78 Å². The Kier molecular flexibility index (Phi) is 4.20. The zero-order valence-electron chi connectivity index (χ0n) is 10.9. The van der Waals surface area contributed by atoms with Gasteiger partial charge < -0.3 is 10.5 Å². The maximum atomic E-state index is 6.10. The van der Waals surface area contributed by atoms with Crippen LogP contribution in [0.1, 0.15) is 25.5 Å². The fourth-order valence-electron chi connectivity index (χ4n) is 1.75. The lowest BCUT2D eigenvalue weighted by Crippen LogP contribution is -1.97. The molecule has 0 radical (unpaired) electrons. The second kappa shape index (κ2) is 5.54. The molecule has 1 aromatic carbocycles. The summed E-state index contributed by atoms with van der Waals surface area (Å²) in [5.74, 6) is 1.52. The Hall–Kier alpha value is -1.01. The number of anilines is 1. The molecule has 6 heteroatoms. The van der Waals surface area contributed by atoms with E-state index >= 15 is 0 Å². The zero-order valence-corrected chi connectivity index (χ0v) is 14.1. The number of aromatic nitrogens is 2. The summed E-state index contributed by atoms with van der Waals surface area (Å²) in [7, 11) is 1.82. The highest BCUT2D eigenvalue weighted by Crippen LogP contribution is 2.36. The quantitative estimate of drug-likeness (QED) is 0.845. The van der Waals surface area contributed by atoms with Crippen LogP contribution in [0.3, 0.4) is 0 Å². The average Bonchev–Trinajstić information content (AvgIpc) is 2.60. The molecule has 0 unspecified atom stereocenters. The van der Waals surface area contributed by atoms with E-state index in [4.69, 9.17) is 10.5 Å². The van der Waals surface area contributed by atoms with Gasteiger partial charge in [0.1, 0.15) is 11.4 Å². The van der Waals surface area contributed by atoms with Gasteiger partial charge in [-0.25, -0.2) is 4.68 Å². The van der Waals surface area contributed by atoms with Crippen LogP contribution in [-0.2, 0) is 7.05 Å². The van der Waals surface area contributed by atoms with Crippen molar-refractivity contribution in [2.45, 2.75) is 19.8 Å². The van der Waals surface area contributed by atoms with E-state index in [1.54, 1.807) is 4.68 Å². The minimum Gasteiger partial charge on any atom is -0.436 e. The Morgan fingerprint density at radius 2 is 2.00 bits per heavy atom. The number of halogens is 2. The van der Waals surface area contributed by atoms with E-state index in [-0.39, 0.29) is 5.92 Å². The van der Waals surface area contributed by atoms with Crippen molar-refractivity contribution in [3.05, 3.63) is 32.8 Å². The molecule has 19 heavy (non-hydrogen) atoms. The molecule has 1 aromatic heterocycles. The van der Waals surface area contributed by atoms with Gasteiger partial charge in [0.25, 0.3) is 0 Å². The highest BCUT2D eigenvalue weighted by atomic mass is 79.9. The monoisotopic (exact) mass is 387 g/mol. The number of nitrogen functional groups attached to an aromatic ring is 1. The number of benzene rings is 1. The van der Waals surface area contributed by atoms with Crippen molar-refractivity contribution >= 4 is 37.5 Å². The third-order valence-electron chi connectivity index (χ3n) is 2.71. The molecule has 2 N–H and O–H groups in total. The molecule has 0 bridgehead atoms. The molecule has 2 aromatic rings. The van der Waals surface area contributed by atoms with E-state index in [1.165, 1.54) is 0 Å². The van der Waals surface area contributed by atoms with Crippen LogP contribution in [0.15, 0.2) is 27.1 Å². The average molecular weight is 389 g/mol. The van der Waals surface area contributed by atoms with Gasteiger partial charge in [-0.3, -0.25) is 0 Å². The third kappa shape index (κ3) is 2.95. The molecule has 2 rings (SSSR count). The fraction of sp³-hybridized carbons (Fsp3) is 0.308. The van der Waals surface area contributed by atoms with Gasteiger partial charge in [0.05, 0.1) is 10.2 Å². The van der Waals surface area contributed by atoms with Crippen molar-refractivity contribution in [1.29, 1.82) is 0 Å². The predicted octanol–water partition coefficient (Wildman–Crippen LogP) is 4.44. The van der Waals surface area contributed by atoms with Crippen LogP contribution in [0, 0.1) is 0 Å². The molecular weight excluding hydrogens is 374 g/mol. The van der Waals surface area contributed by atoms with Crippen molar-refractivity contribution in [2.24, 2.45) is 7.05 Å². The molecular formula is C13H15Br2N3O. The molecule has 0 aliphatic carbocycles.